The first-order chi connectivity index (χ1) is 9.00. The lowest BCUT2D eigenvalue weighted by atomic mass is 10.3. The zero-order valence-electron chi connectivity index (χ0n) is 11.6. The van der Waals surface area contributed by atoms with Crippen LogP contribution in [-0.4, -0.2) is 49.1 Å². The molecule has 1 aromatic heterocycles. The zero-order chi connectivity index (χ0) is 13.9. The van der Waals surface area contributed by atoms with E-state index in [1.165, 1.54) is 4.88 Å². The van der Waals surface area contributed by atoms with Gasteiger partial charge in [0.25, 0.3) is 0 Å². The predicted molar refractivity (Wildman–Crippen MR) is 79.8 cm³/mol. The molecule has 4 nitrogen and oxygen atoms in total. The van der Waals surface area contributed by atoms with Crippen molar-refractivity contribution in [3.63, 3.8) is 0 Å². The van der Waals surface area contributed by atoms with Crippen LogP contribution in [-0.2, 0) is 16.6 Å². The number of thiophene rings is 1. The molecule has 0 atom stereocenters. The van der Waals surface area contributed by atoms with Crippen LogP contribution in [0.2, 0.25) is 0 Å². The smallest absolute Gasteiger partial charge is 0.216 e. The molecule has 0 amide bonds. The summed E-state index contributed by atoms with van der Waals surface area (Å²) < 4.78 is 26.0. The Labute approximate surface area is 120 Å². The van der Waals surface area contributed by atoms with E-state index in [1.54, 1.807) is 29.5 Å². The summed E-state index contributed by atoms with van der Waals surface area (Å²) in [7, 11) is -3.10. The van der Waals surface area contributed by atoms with Crippen molar-refractivity contribution in [1.82, 2.24) is 9.21 Å². The number of rotatable bonds is 4. The van der Waals surface area contributed by atoms with E-state index in [9.17, 15) is 8.42 Å². The van der Waals surface area contributed by atoms with E-state index < -0.39 is 10.0 Å². The Balaban J connectivity index is 1.95. The van der Waals surface area contributed by atoms with Crippen molar-refractivity contribution in [3.8, 4) is 0 Å². The van der Waals surface area contributed by atoms with Crippen molar-refractivity contribution in [1.29, 1.82) is 0 Å². The molecule has 1 saturated heterocycles. The maximum absolute atomic E-state index is 12.2. The molecule has 108 valence electrons. The molecule has 0 unspecified atom stereocenters. The van der Waals surface area contributed by atoms with Crippen LogP contribution in [0.25, 0.3) is 0 Å². The van der Waals surface area contributed by atoms with Gasteiger partial charge in [-0.15, -0.1) is 11.3 Å². The summed E-state index contributed by atoms with van der Waals surface area (Å²) in [5.74, 6) is 0. The molecule has 0 aliphatic carbocycles. The van der Waals surface area contributed by atoms with Gasteiger partial charge in [0.15, 0.2) is 0 Å². The van der Waals surface area contributed by atoms with E-state index in [-0.39, 0.29) is 5.25 Å². The average molecular weight is 302 g/mol. The van der Waals surface area contributed by atoms with Gasteiger partial charge in [-0.2, -0.15) is 0 Å². The molecule has 2 heterocycles. The molecule has 19 heavy (non-hydrogen) atoms. The third kappa shape index (κ3) is 3.78. The molecule has 1 aromatic rings. The van der Waals surface area contributed by atoms with Crippen LogP contribution in [0.4, 0.5) is 0 Å². The standard InChI is InChI=1S/C13H22N2O2S2/c1-12(2)19(16,17)15-7-4-6-14(8-9-15)11-13-5-3-10-18-13/h3,5,10,12H,4,6-9,11H2,1-2H3. The molecule has 1 fully saturated rings. The lowest BCUT2D eigenvalue weighted by molar-refractivity contribution is 0.281. The normalized spacial score (nSPS) is 19.7. The molecule has 0 spiro atoms. The minimum atomic E-state index is -3.10. The summed E-state index contributed by atoms with van der Waals surface area (Å²) in [6.07, 6.45) is 0.914. The third-order valence-corrected chi connectivity index (χ3v) is 6.60. The molecular weight excluding hydrogens is 280 g/mol. The summed E-state index contributed by atoms with van der Waals surface area (Å²) >= 11 is 1.76. The fourth-order valence-electron chi connectivity index (χ4n) is 2.28. The Bertz CT molecular complexity index is 483. The summed E-state index contributed by atoms with van der Waals surface area (Å²) in [5, 5.41) is 1.76. The first-order valence-electron chi connectivity index (χ1n) is 6.74. The lowest BCUT2D eigenvalue weighted by Gasteiger charge is -2.23. The van der Waals surface area contributed by atoms with Gasteiger partial charge in [-0.05, 0) is 38.3 Å². The van der Waals surface area contributed by atoms with Gasteiger partial charge in [-0.3, -0.25) is 4.90 Å². The van der Waals surface area contributed by atoms with Gasteiger partial charge < -0.3 is 0 Å². The van der Waals surface area contributed by atoms with Crippen LogP contribution in [0.15, 0.2) is 17.5 Å². The first kappa shape index (κ1) is 15.0. The van der Waals surface area contributed by atoms with Crippen molar-refractivity contribution < 1.29 is 8.42 Å². The van der Waals surface area contributed by atoms with Crippen molar-refractivity contribution in [2.75, 3.05) is 26.2 Å². The van der Waals surface area contributed by atoms with E-state index in [0.29, 0.717) is 13.1 Å². The summed E-state index contributed by atoms with van der Waals surface area (Å²) in [5.41, 5.74) is 0. The third-order valence-electron chi connectivity index (χ3n) is 3.46. The maximum atomic E-state index is 12.2. The van der Waals surface area contributed by atoms with Gasteiger partial charge in [0.2, 0.25) is 10.0 Å². The van der Waals surface area contributed by atoms with Crippen molar-refractivity contribution in [2.24, 2.45) is 0 Å². The Morgan fingerprint density at radius 1 is 1.26 bits per heavy atom. The van der Waals surface area contributed by atoms with E-state index in [0.717, 1.165) is 26.1 Å². The molecule has 0 bridgehead atoms. The minimum Gasteiger partial charge on any atom is -0.297 e. The van der Waals surface area contributed by atoms with Crippen LogP contribution >= 0.6 is 11.3 Å². The van der Waals surface area contributed by atoms with Crippen LogP contribution in [0.3, 0.4) is 0 Å². The summed E-state index contributed by atoms with van der Waals surface area (Å²) in [6.45, 7) is 7.51. The summed E-state index contributed by atoms with van der Waals surface area (Å²) in [4.78, 5) is 3.70. The van der Waals surface area contributed by atoms with Gasteiger partial charge >= 0.3 is 0 Å². The molecule has 1 aliphatic rings. The number of hydrogen-bond donors (Lipinski definition) is 0. The molecule has 0 N–H and O–H groups in total. The van der Waals surface area contributed by atoms with E-state index >= 15 is 0 Å². The monoisotopic (exact) mass is 302 g/mol. The van der Waals surface area contributed by atoms with Gasteiger partial charge in [-0.25, -0.2) is 12.7 Å². The molecule has 0 saturated carbocycles. The molecule has 1 aliphatic heterocycles. The number of sulfonamides is 1. The van der Waals surface area contributed by atoms with Crippen molar-refractivity contribution >= 4 is 21.4 Å². The highest BCUT2D eigenvalue weighted by molar-refractivity contribution is 7.89. The van der Waals surface area contributed by atoms with Crippen LogP contribution in [0, 0.1) is 0 Å². The quantitative estimate of drug-likeness (QED) is 0.854. The molecule has 6 heteroatoms. The number of nitrogens with zero attached hydrogens (tertiary/aromatic N) is 2. The van der Waals surface area contributed by atoms with Crippen molar-refractivity contribution in [2.45, 2.75) is 32.1 Å². The Kier molecular flexibility index (Phi) is 5.00. The fraction of sp³-hybridized carbons (Fsp3) is 0.692. The number of hydrogen-bond acceptors (Lipinski definition) is 4. The van der Waals surface area contributed by atoms with E-state index in [2.05, 4.69) is 22.4 Å². The second kappa shape index (κ2) is 6.35. The predicted octanol–water partition coefficient (Wildman–Crippen LogP) is 1.99. The Morgan fingerprint density at radius 3 is 2.68 bits per heavy atom. The Hall–Kier alpha value is -0.430. The van der Waals surface area contributed by atoms with Gasteiger partial charge in [0, 0.05) is 31.1 Å². The van der Waals surface area contributed by atoms with Crippen LogP contribution < -0.4 is 0 Å². The second-order valence-corrected chi connectivity index (χ2v) is 8.72. The van der Waals surface area contributed by atoms with Gasteiger partial charge in [0.1, 0.15) is 0 Å². The zero-order valence-corrected chi connectivity index (χ0v) is 13.2. The summed E-state index contributed by atoms with van der Waals surface area (Å²) in [6, 6.07) is 4.20. The maximum Gasteiger partial charge on any atom is 0.216 e. The topological polar surface area (TPSA) is 40.6 Å². The van der Waals surface area contributed by atoms with Crippen molar-refractivity contribution in [3.05, 3.63) is 22.4 Å². The van der Waals surface area contributed by atoms with Gasteiger partial charge in [-0.1, -0.05) is 6.07 Å². The Morgan fingerprint density at radius 2 is 2.05 bits per heavy atom. The molecule has 0 radical (unpaired) electrons. The highest BCUT2D eigenvalue weighted by Gasteiger charge is 2.27. The minimum absolute atomic E-state index is 0.323. The SMILES string of the molecule is CC(C)S(=O)(=O)N1CCCN(Cc2cccs2)CC1. The molecular formula is C13H22N2O2S2. The first-order valence-corrected chi connectivity index (χ1v) is 9.12. The molecule has 0 aromatic carbocycles. The fourth-order valence-corrected chi connectivity index (χ4v) is 4.34. The lowest BCUT2D eigenvalue weighted by Crippen LogP contribution is -2.39. The van der Waals surface area contributed by atoms with Crippen LogP contribution in [0.1, 0.15) is 25.1 Å². The second-order valence-electron chi connectivity index (χ2n) is 5.20. The molecule has 2 rings (SSSR count). The highest BCUT2D eigenvalue weighted by Crippen LogP contribution is 2.16. The average Bonchev–Trinajstić information content (AvgIpc) is 2.73. The highest BCUT2D eigenvalue weighted by atomic mass is 32.2. The van der Waals surface area contributed by atoms with Gasteiger partial charge in [0.05, 0.1) is 5.25 Å². The van der Waals surface area contributed by atoms with E-state index in [4.69, 9.17) is 0 Å². The largest absolute Gasteiger partial charge is 0.297 e. The van der Waals surface area contributed by atoms with Crippen LogP contribution in [0.5, 0.6) is 0 Å². The van der Waals surface area contributed by atoms with E-state index in [1.807, 2.05) is 0 Å².